The molecule has 2 aliphatic rings. The van der Waals surface area contributed by atoms with E-state index in [1.807, 2.05) is 6.07 Å². The summed E-state index contributed by atoms with van der Waals surface area (Å²) in [6, 6.07) is 16.5. The fraction of sp³-hybridized carbons (Fsp3) is 0.417. The lowest BCUT2D eigenvalue weighted by Gasteiger charge is -2.34. The molecule has 2 N–H and O–H groups in total. The van der Waals surface area contributed by atoms with Gasteiger partial charge < -0.3 is 10.2 Å². The van der Waals surface area contributed by atoms with Crippen molar-refractivity contribution in [2.24, 2.45) is 4.99 Å². The maximum absolute atomic E-state index is 12.5. The van der Waals surface area contributed by atoms with Crippen molar-refractivity contribution in [2.45, 2.75) is 30.8 Å². The molecular weight excluding hydrogens is 438 g/mol. The van der Waals surface area contributed by atoms with Crippen LogP contribution in [0.1, 0.15) is 24.5 Å². The van der Waals surface area contributed by atoms with Gasteiger partial charge in [0.1, 0.15) is 11.9 Å². The summed E-state index contributed by atoms with van der Waals surface area (Å²) in [6.45, 7) is 8.33. The van der Waals surface area contributed by atoms with E-state index < -0.39 is 16.1 Å². The number of piperazine rings is 1. The van der Waals surface area contributed by atoms with Gasteiger partial charge in [0.15, 0.2) is 0 Å². The highest BCUT2D eigenvalue weighted by Crippen LogP contribution is 2.22. The van der Waals surface area contributed by atoms with Crippen LogP contribution >= 0.6 is 0 Å². The summed E-state index contributed by atoms with van der Waals surface area (Å²) in [5, 5.41) is 2.92. The Hall–Kier alpha value is -2.75. The van der Waals surface area contributed by atoms with Crippen molar-refractivity contribution in [1.29, 1.82) is 0 Å². The van der Waals surface area contributed by atoms with Gasteiger partial charge in [0.2, 0.25) is 5.91 Å². The van der Waals surface area contributed by atoms with Crippen molar-refractivity contribution in [1.82, 2.24) is 19.8 Å². The number of hydrogen-bond donors (Lipinski definition) is 2. The molecule has 2 heterocycles. The molecule has 0 bridgehead atoms. The first-order valence-corrected chi connectivity index (χ1v) is 12.9. The Morgan fingerprint density at radius 1 is 1.03 bits per heavy atom. The van der Waals surface area contributed by atoms with Crippen molar-refractivity contribution >= 4 is 21.8 Å². The van der Waals surface area contributed by atoms with Crippen molar-refractivity contribution < 1.29 is 13.2 Å². The number of rotatable bonds is 8. The molecule has 0 aliphatic carbocycles. The summed E-state index contributed by atoms with van der Waals surface area (Å²) in [5.41, 5.74) is 1.85. The molecule has 0 spiro atoms. The summed E-state index contributed by atoms with van der Waals surface area (Å²) in [4.78, 5) is 21.9. The third-order valence-corrected chi connectivity index (χ3v) is 7.43. The number of sulfonamides is 1. The topological polar surface area (TPSA) is 94.1 Å². The van der Waals surface area contributed by atoms with Gasteiger partial charge in [-0.1, -0.05) is 42.5 Å². The third-order valence-electron chi connectivity index (χ3n) is 6.03. The Morgan fingerprint density at radius 2 is 1.70 bits per heavy atom. The Kier molecular flexibility index (Phi) is 7.42. The van der Waals surface area contributed by atoms with Gasteiger partial charge in [-0.25, -0.2) is 8.42 Å². The highest BCUT2D eigenvalue weighted by atomic mass is 32.2. The first-order chi connectivity index (χ1) is 15.9. The zero-order chi connectivity index (χ0) is 23.3. The maximum Gasteiger partial charge on any atom is 0.263 e. The quantitative estimate of drug-likeness (QED) is 0.571. The van der Waals surface area contributed by atoms with Crippen LogP contribution in [0.3, 0.4) is 0 Å². The Bertz CT molecular complexity index is 1100. The average Bonchev–Trinajstić information content (AvgIpc) is 3.08. The second-order valence-electron chi connectivity index (χ2n) is 8.50. The molecule has 9 heteroatoms. The fourth-order valence-corrected chi connectivity index (χ4v) is 5.40. The zero-order valence-electron chi connectivity index (χ0n) is 18.9. The van der Waals surface area contributed by atoms with E-state index in [-0.39, 0.29) is 16.6 Å². The van der Waals surface area contributed by atoms with Crippen molar-refractivity contribution in [3.05, 3.63) is 65.7 Å². The lowest BCUT2D eigenvalue weighted by Crippen LogP contribution is -2.46. The largest absolute Gasteiger partial charge is 0.354 e. The van der Waals surface area contributed by atoms with Gasteiger partial charge in [0.05, 0.1) is 4.90 Å². The number of nitrogens with zero attached hydrogens (tertiary/aromatic N) is 3. The molecule has 0 aromatic heterocycles. The van der Waals surface area contributed by atoms with Crippen LogP contribution in [0.25, 0.3) is 0 Å². The first-order valence-electron chi connectivity index (χ1n) is 11.4. The van der Waals surface area contributed by atoms with Gasteiger partial charge in [0.25, 0.3) is 10.0 Å². The summed E-state index contributed by atoms with van der Waals surface area (Å²) >= 11 is 0. The van der Waals surface area contributed by atoms with Crippen molar-refractivity contribution in [2.75, 3.05) is 39.3 Å². The van der Waals surface area contributed by atoms with E-state index in [9.17, 15) is 13.2 Å². The first kappa shape index (κ1) is 23.4. The standard InChI is InChI=1S/C24H31N5O3S/c1-19(26-23-21-10-5-6-11-22(21)33(31,32)27-23)24(30)25-12-7-13-28-14-16-29(17-15-28)18-20-8-3-2-4-9-20/h2-6,8-11,19H,7,12-18H2,1H3,(H,25,30)(H,26,27)/t19-/m0/s1. The Labute approximate surface area is 195 Å². The number of nitrogens with one attached hydrogen (secondary N) is 2. The van der Waals surface area contributed by atoms with Crippen molar-refractivity contribution in [3.63, 3.8) is 0 Å². The minimum atomic E-state index is -3.60. The summed E-state index contributed by atoms with van der Waals surface area (Å²) < 4.78 is 26.8. The SMILES string of the molecule is C[C@H](N=C1NS(=O)(=O)c2ccccc21)C(=O)NCCCN1CCN(Cc2ccccc2)CC1. The van der Waals surface area contributed by atoms with Crippen molar-refractivity contribution in [3.8, 4) is 0 Å². The molecule has 0 saturated carbocycles. The molecule has 8 nitrogen and oxygen atoms in total. The summed E-state index contributed by atoms with van der Waals surface area (Å²) in [6.07, 6.45) is 0.864. The molecule has 1 amide bonds. The van der Waals surface area contributed by atoms with E-state index in [1.54, 1.807) is 25.1 Å². The van der Waals surface area contributed by atoms with E-state index in [1.165, 1.54) is 11.6 Å². The fourth-order valence-electron chi connectivity index (χ4n) is 4.16. The highest BCUT2D eigenvalue weighted by Gasteiger charge is 2.31. The number of carbonyl (C=O) groups is 1. The molecule has 1 saturated heterocycles. The number of carbonyl (C=O) groups excluding carboxylic acids is 1. The van der Waals surface area contributed by atoms with Gasteiger partial charge in [-0.15, -0.1) is 0 Å². The molecule has 2 aromatic carbocycles. The second kappa shape index (κ2) is 10.5. The van der Waals surface area contributed by atoms with Gasteiger partial charge >= 0.3 is 0 Å². The third kappa shape index (κ3) is 5.98. The maximum atomic E-state index is 12.5. The number of aliphatic imine (C=N–C) groups is 1. The number of fused-ring (bicyclic) bond motifs is 1. The number of benzene rings is 2. The van der Waals surface area contributed by atoms with E-state index in [0.717, 1.165) is 45.7 Å². The second-order valence-corrected chi connectivity index (χ2v) is 10.2. The normalized spacial score (nSPS) is 20.2. The Balaban J connectivity index is 1.17. The molecule has 1 fully saturated rings. The van der Waals surface area contributed by atoms with E-state index in [4.69, 9.17) is 0 Å². The molecule has 0 unspecified atom stereocenters. The molecule has 176 valence electrons. The Morgan fingerprint density at radius 3 is 2.45 bits per heavy atom. The molecule has 33 heavy (non-hydrogen) atoms. The molecule has 0 radical (unpaired) electrons. The molecule has 2 aliphatic heterocycles. The van der Waals surface area contributed by atoms with Gasteiger partial charge in [-0.3, -0.25) is 19.4 Å². The predicted octanol–water partition coefficient (Wildman–Crippen LogP) is 1.44. The molecule has 1 atom stereocenters. The molecule has 4 rings (SSSR count). The smallest absolute Gasteiger partial charge is 0.263 e. The van der Waals surface area contributed by atoms with Crippen LogP contribution in [0.2, 0.25) is 0 Å². The summed E-state index contributed by atoms with van der Waals surface area (Å²) in [7, 11) is -3.60. The number of hydrogen-bond acceptors (Lipinski definition) is 6. The van der Waals surface area contributed by atoms with Crippen LogP contribution in [0.5, 0.6) is 0 Å². The summed E-state index contributed by atoms with van der Waals surface area (Å²) in [5.74, 6) is 0.0142. The van der Waals surface area contributed by atoms with E-state index in [2.05, 4.69) is 49.1 Å². The number of amidine groups is 1. The number of amides is 1. The van der Waals surface area contributed by atoms with Crippen LogP contribution in [0.4, 0.5) is 0 Å². The van der Waals surface area contributed by atoms with Gasteiger partial charge in [-0.05, 0) is 37.6 Å². The average molecular weight is 470 g/mol. The van der Waals surface area contributed by atoms with Gasteiger partial charge in [0, 0.05) is 44.8 Å². The zero-order valence-corrected chi connectivity index (χ0v) is 19.7. The van der Waals surface area contributed by atoms with Crippen LogP contribution < -0.4 is 10.0 Å². The van der Waals surface area contributed by atoms with Crippen LogP contribution in [-0.4, -0.2) is 75.3 Å². The minimum absolute atomic E-state index is 0.195. The van der Waals surface area contributed by atoms with E-state index >= 15 is 0 Å². The molecular formula is C24H31N5O3S. The van der Waals surface area contributed by atoms with Crippen LogP contribution in [0, 0.1) is 0 Å². The monoisotopic (exact) mass is 469 g/mol. The predicted molar refractivity (Wildman–Crippen MR) is 129 cm³/mol. The van der Waals surface area contributed by atoms with Gasteiger partial charge in [-0.2, -0.15) is 0 Å². The van der Waals surface area contributed by atoms with E-state index in [0.29, 0.717) is 12.1 Å². The minimum Gasteiger partial charge on any atom is -0.354 e. The lowest BCUT2D eigenvalue weighted by molar-refractivity contribution is -0.121. The van der Waals surface area contributed by atoms with Crippen LogP contribution in [0.15, 0.2) is 64.5 Å². The lowest BCUT2D eigenvalue weighted by atomic mass is 10.2. The van der Waals surface area contributed by atoms with Crippen LogP contribution in [-0.2, 0) is 21.4 Å². The molecule has 2 aromatic rings. The highest BCUT2D eigenvalue weighted by molar-refractivity contribution is 7.90.